The normalized spacial score (nSPS) is 17.6. The van der Waals surface area contributed by atoms with Crippen molar-refractivity contribution < 1.29 is 14.3 Å². The summed E-state index contributed by atoms with van der Waals surface area (Å²) in [6.45, 7) is 4.18. The van der Waals surface area contributed by atoms with E-state index in [1.807, 2.05) is 54.6 Å². The Morgan fingerprint density at radius 2 is 1.58 bits per heavy atom. The molecule has 0 saturated carbocycles. The van der Waals surface area contributed by atoms with Gasteiger partial charge in [-0.1, -0.05) is 54.6 Å². The van der Waals surface area contributed by atoms with E-state index in [1.54, 1.807) is 0 Å². The van der Waals surface area contributed by atoms with Gasteiger partial charge >= 0.3 is 0 Å². The number of nitrogens with zero attached hydrogens (tertiary/aromatic N) is 1. The van der Waals surface area contributed by atoms with Crippen LogP contribution in [0.1, 0.15) is 30.4 Å². The minimum absolute atomic E-state index is 0.0490. The molecule has 0 aliphatic carbocycles. The fourth-order valence-corrected chi connectivity index (χ4v) is 4.86. The Morgan fingerprint density at radius 1 is 0.861 bits per heavy atom. The van der Waals surface area contributed by atoms with E-state index < -0.39 is 0 Å². The second-order valence-corrected chi connectivity index (χ2v) is 9.61. The Morgan fingerprint density at radius 3 is 2.36 bits per heavy atom. The number of carbonyl (C=O) groups excluding carboxylic acids is 1. The molecule has 6 heteroatoms. The molecule has 36 heavy (non-hydrogen) atoms. The molecule has 0 aromatic heterocycles. The maximum Gasteiger partial charge on any atom is 0.224 e. The summed E-state index contributed by atoms with van der Waals surface area (Å²) in [5.41, 5.74) is 3.38. The SMILES string of the molecule is O=C(Cc1ccc(N2CCC(NCCC3COc4ccccc4O3)CC2)cc1)NCc1ccccc1. The van der Waals surface area contributed by atoms with Gasteiger partial charge in [-0.25, -0.2) is 0 Å². The largest absolute Gasteiger partial charge is 0.486 e. The van der Waals surface area contributed by atoms with Crippen LogP contribution < -0.4 is 25.0 Å². The zero-order valence-electron chi connectivity index (χ0n) is 20.7. The number of piperidine rings is 1. The highest BCUT2D eigenvalue weighted by atomic mass is 16.6. The van der Waals surface area contributed by atoms with Crippen molar-refractivity contribution in [3.63, 3.8) is 0 Å². The highest BCUT2D eigenvalue weighted by molar-refractivity contribution is 5.78. The van der Waals surface area contributed by atoms with Gasteiger partial charge in [-0.05, 0) is 54.8 Å². The van der Waals surface area contributed by atoms with E-state index >= 15 is 0 Å². The van der Waals surface area contributed by atoms with Gasteiger partial charge in [0.15, 0.2) is 11.5 Å². The predicted molar refractivity (Wildman–Crippen MR) is 143 cm³/mol. The Hall–Kier alpha value is -3.51. The number of para-hydroxylation sites is 2. The summed E-state index contributed by atoms with van der Waals surface area (Å²) in [6, 6.07) is 26.8. The van der Waals surface area contributed by atoms with E-state index in [1.165, 1.54) is 5.69 Å². The molecule has 3 aromatic carbocycles. The van der Waals surface area contributed by atoms with E-state index in [9.17, 15) is 4.79 Å². The van der Waals surface area contributed by atoms with Crippen LogP contribution in [0.15, 0.2) is 78.9 Å². The molecule has 0 radical (unpaired) electrons. The first-order valence-corrected chi connectivity index (χ1v) is 13.0. The number of benzene rings is 3. The summed E-state index contributed by atoms with van der Waals surface area (Å²) in [5, 5.41) is 6.71. The van der Waals surface area contributed by atoms with Gasteiger partial charge in [0.25, 0.3) is 0 Å². The first-order chi connectivity index (χ1) is 17.7. The Bertz CT molecular complexity index is 1110. The molecular formula is C30H35N3O3. The smallest absolute Gasteiger partial charge is 0.224 e. The maximum atomic E-state index is 12.3. The van der Waals surface area contributed by atoms with Crippen LogP contribution in [0.4, 0.5) is 5.69 Å². The summed E-state index contributed by atoms with van der Waals surface area (Å²) < 4.78 is 11.9. The molecule has 2 aliphatic rings. The molecular weight excluding hydrogens is 450 g/mol. The third kappa shape index (κ3) is 6.58. The highest BCUT2D eigenvalue weighted by Gasteiger charge is 2.22. The quantitative estimate of drug-likeness (QED) is 0.472. The number of fused-ring (bicyclic) bond motifs is 1. The zero-order valence-corrected chi connectivity index (χ0v) is 20.7. The monoisotopic (exact) mass is 485 g/mol. The van der Waals surface area contributed by atoms with Crippen molar-refractivity contribution in [2.75, 3.05) is 31.1 Å². The summed E-state index contributed by atoms with van der Waals surface area (Å²) in [7, 11) is 0. The van der Waals surface area contributed by atoms with Crippen LogP contribution in [0.25, 0.3) is 0 Å². The standard InChI is InChI=1S/C30H35N3O3/c34-30(32-21-24-6-2-1-3-7-24)20-23-10-12-26(13-11-23)33-18-15-25(16-19-33)31-17-14-27-22-35-28-8-4-5-9-29(28)36-27/h1-13,25,27,31H,14-22H2,(H,32,34). The van der Waals surface area contributed by atoms with E-state index in [0.29, 0.717) is 25.6 Å². The van der Waals surface area contributed by atoms with Gasteiger partial charge in [-0.2, -0.15) is 0 Å². The Labute approximate surface area is 213 Å². The van der Waals surface area contributed by atoms with Gasteiger partial charge < -0.3 is 25.0 Å². The third-order valence-corrected chi connectivity index (χ3v) is 6.96. The molecule has 3 aromatic rings. The number of hydrogen-bond acceptors (Lipinski definition) is 5. The molecule has 1 unspecified atom stereocenters. The minimum atomic E-state index is 0.0490. The predicted octanol–water partition coefficient (Wildman–Crippen LogP) is 4.33. The number of amides is 1. The highest BCUT2D eigenvalue weighted by Crippen LogP contribution is 2.31. The van der Waals surface area contributed by atoms with Gasteiger partial charge in [0.1, 0.15) is 12.7 Å². The lowest BCUT2D eigenvalue weighted by atomic mass is 10.0. The molecule has 5 rings (SSSR count). The first kappa shape index (κ1) is 24.2. The van der Waals surface area contributed by atoms with Gasteiger partial charge in [0.2, 0.25) is 5.91 Å². The lowest BCUT2D eigenvalue weighted by Crippen LogP contribution is -2.44. The molecule has 1 saturated heterocycles. The van der Waals surface area contributed by atoms with Crippen molar-refractivity contribution in [2.45, 2.75) is 44.4 Å². The van der Waals surface area contributed by atoms with Crippen molar-refractivity contribution in [1.82, 2.24) is 10.6 Å². The molecule has 1 fully saturated rings. The number of rotatable bonds is 9. The Balaban J connectivity index is 0.999. The second-order valence-electron chi connectivity index (χ2n) is 9.61. The number of carbonyl (C=O) groups is 1. The van der Waals surface area contributed by atoms with Gasteiger partial charge in [0.05, 0.1) is 6.42 Å². The molecule has 0 bridgehead atoms. The van der Waals surface area contributed by atoms with Crippen molar-refractivity contribution in [2.24, 2.45) is 0 Å². The van der Waals surface area contributed by atoms with Crippen molar-refractivity contribution in [1.29, 1.82) is 0 Å². The molecule has 1 atom stereocenters. The lowest BCUT2D eigenvalue weighted by molar-refractivity contribution is -0.120. The van der Waals surface area contributed by atoms with Crippen molar-refractivity contribution in [3.8, 4) is 11.5 Å². The second kappa shape index (κ2) is 12.0. The summed E-state index contributed by atoms with van der Waals surface area (Å²) in [6.07, 6.45) is 3.68. The van der Waals surface area contributed by atoms with Crippen LogP contribution in [-0.4, -0.2) is 44.3 Å². The van der Waals surface area contributed by atoms with Gasteiger partial charge in [-0.3, -0.25) is 4.79 Å². The number of ether oxygens (including phenoxy) is 2. The van der Waals surface area contributed by atoms with Crippen LogP contribution >= 0.6 is 0 Å². The number of hydrogen-bond donors (Lipinski definition) is 2. The fourth-order valence-electron chi connectivity index (χ4n) is 4.86. The Kier molecular flexibility index (Phi) is 8.03. The van der Waals surface area contributed by atoms with Gasteiger partial charge in [-0.15, -0.1) is 0 Å². The van der Waals surface area contributed by atoms with Crippen molar-refractivity contribution >= 4 is 11.6 Å². The lowest BCUT2D eigenvalue weighted by Gasteiger charge is -2.34. The van der Waals surface area contributed by atoms with Crippen LogP contribution in [0.2, 0.25) is 0 Å². The average Bonchev–Trinajstić information content (AvgIpc) is 2.93. The van der Waals surface area contributed by atoms with E-state index in [2.05, 4.69) is 39.8 Å². The van der Waals surface area contributed by atoms with E-state index in [-0.39, 0.29) is 12.0 Å². The summed E-state index contributed by atoms with van der Waals surface area (Å²) >= 11 is 0. The van der Waals surface area contributed by atoms with Crippen LogP contribution in [0.3, 0.4) is 0 Å². The number of anilines is 1. The average molecular weight is 486 g/mol. The molecule has 0 spiro atoms. The van der Waals surface area contributed by atoms with Crippen LogP contribution in [0.5, 0.6) is 11.5 Å². The van der Waals surface area contributed by atoms with E-state index in [0.717, 1.165) is 61.5 Å². The minimum Gasteiger partial charge on any atom is -0.486 e. The van der Waals surface area contributed by atoms with Crippen LogP contribution in [-0.2, 0) is 17.8 Å². The number of nitrogens with one attached hydrogen (secondary N) is 2. The first-order valence-electron chi connectivity index (χ1n) is 13.0. The molecule has 188 valence electrons. The van der Waals surface area contributed by atoms with Crippen LogP contribution in [0, 0.1) is 0 Å². The fraction of sp³-hybridized carbons (Fsp3) is 0.367. The maximum absolute atomic E-state index is 12.3. The molecule has 2 heterocycles. The van der Waals surface area contributed by atoms with Crippen molar-refractivity contribution in [3.05, 3.63) is 90.0 Å². The zero-order chi connectivity index (χ0) is 24.6. The molecule has 2 N–H and O–H groups in total. The summed E-state index contributed by atoms with van der Waals surface area (Å²) in [4.78, 5) is 14.7. The molecule has 2 aliphatic heterocycles. The van der Waals surface area contributed by atoms with E-state index in [4.69, 9.17) is 9.47 Å². The third-order valence-electron chi connectivity index (χ3n) is 6.96. The topological polar surface area (TPSA) is 62.8 Å². The van der Waals surface area contributed by atoms with Gasteiger partial charge in [0, 0.05) is 37.8 Å². The summed E-state index contributed by atoms with van der Waals surface area (Å²) in [5.74, 6) is 1.74. The molecule has 1 amide bonds. The molecule has 6 nitrogen and oxygen atoms in total.